The summed E-state index contributed by atoms with van der Waals surface area (Å²) in [6.07, 6.45) is -1.30. The molecule has 4 N–H and O–H groups in total. The predicted octanol–water partition coefficient (Wildman–Crippen LogP) is 5.18. The van der Waals surface area contributed by atoms with Crippen molar-refractivity contribution in [1.29, 1.82) is 0 Å². The molecule has 0 fully saturated rings. The third-order valence-corrected chi connectivity index (χ3v) is 6.20. The molecule has 2 aromatic carbocycles. The molecule has 2 aromatic rings. The van der Waals surface area contributed by atoms with Crippen LogP contribution in [0.15, 0.2) is 36.4 Å². The molecule has 4 amide bonds. The van der Waals surface area contributed by atoms with Gasteiger partial charge in [0.05, 0.1) is 0 Å². The van der Waals surface area contributed by atoms with E-state index >= 15 is 0 Å². The van der Waals surface area contributed by atoms with Crippen LogP contribution in [0.1, 0.15) is 52.7 Å². The fourth-order valence-electron chi connectivity index (χ4n) is 3.95. The SMILES string of the molecule is CCNC(=O)Oc1ccc(C[C@@H](C)[C@@H](C)Cc2ccc(OC(=O)NCC)c(OC(=O)NCC)c2)cc1OC(=O)NCC. The predicted molar refractivity (Wildman–Crippen MR) is 157 cm³/mol. The van der Waals surface area contributed by atoms with Crippen LogP contribution in [0.2, 0.25) is 0 Å². The van der Waals surface area contributed by atoms with Crippen LogP contribution in [0, 0.1) is 11.8 Å². The summed E-state index contributed by atoms with van der Waals surface area (Å²) in [5.41, 5.74) is 1.78. The second kappa shape index (κ2) is 17.4. The lowest BCUT2D eigenvalue weighted by molar-refractivity contribution is 0.190. The molecule has 2 rings (SSSR count). The molecular formula is C30H42N4O8. The van der Waals surface area contributed by atoms with E-state index in [0.717, 1.165) is 11.1 Å². The molecule has 0 aromatic heterocycles. The van der Waals surface area contributed by atoms with Crippen LogP contribution in [0.5, 0.6) is 23.0 Å². The van der Waals surface area contributed by atoms with Gasteiger partial charge in [0.1, 0.15) is 0 Å². The summed E-state index contributed by atoms with van der Waals surface area (Å²) < 4.78 is 21.5. The number of ether oxygens (including phenoxy) is 4. The molecule has 12 nitrogen and oxygen atoms in total. The molecule has 42 heavy (non-hydrogen) atoms. The van der Waals surface area contributed by atoms with Gasteiger partial charge in [-0.25, -0.2) is 19.2 Å². The number of rotatable bonds is 13. The number of hydrogen-bond acceptors (Lipinski definition) is 8. The van der Waals surface area contributed by atoms with E-state index in [4.69, 9.17) is 18.9 Å². The van der Waals surface area contributed by atoms with Gasteiger partial charge in [0.2, 0.25) is 0 Å². The number of hydrogen-bond donors (Lipinski definition) is 4. The highest BCUT2D eigenvalue weighted by atomic mass is 16.6. The van der Waals surface area contributed by atoms with E-state index in [1.54, 1.807) is 52.0 Å². The molecule has 0 aliphatic heterocycles. The average Bonchev–Trinajstić information content (AvgIpc) is 2.92. The molecule has 0 spiro atoms. The third-order valence-electron chi connectivity index (χ3n) is 6.20. The van der Waals surface area contributed by atoms with Gasteiger partial charge in [-0.3, -0.25) is 0 Å². The Morgan fingerprint density at radius 1 is 0.524 bits per heavy atom. The molecule has 0 saturated carbocycles. The van der Waals surface area contributed by atoms with E-state index < -0.39 is 24.4 Å². The summed E-state index contributed by atoms with van der Waals surface area (Å²) in [5.74, 6) is 0.893. The van der Waals surface area contributed by atoms with Gasteiger partial charge in [-0.1, -0.05) is 26.0 Å². The van der Waals surface area contributed by atoms with E-state index in [-0.39, 0.29) is 34.8 Å². The molecule has 0 unspecified atom stereocenters. The Morgan fingerprint density at radius 3 is 1.10 bits per heavy atom. The summed E-state index contributed by atoms with van der Waals surface area (Å²) in [7, 11) is 0. The number of amides is 4. The molecule has 0 aliphatic rings. The molecule has 0 saturated heterocycles. The highest BCUT2D eigenvalue weighted by Crippen LogP contribution is 2.33. The van der Waals surface area contributed by atoms with Crippen molar-refractivity contribution in [2.75, 3.05) is 26.2 Å². The van der Waals surface area contributed by atoms with E-state index in [2.05, 4.69) is 35.1 Å². The van der Waals surface area contributed by atoms with Crippen molar-refractivity contribution >= 4 is 24.4 Å². The maximum atomic E-state index is 12.1. The van der Waals surface area contributed by atoms with Crippen molar-refractivity contribution in [3.05, 3.63) is 47.5 Å². The van der Waals surface area contributed by atoms with Gasteiger partial charge in [0, 0.05) is 26.2 Å². The number of carbonyl (C=O) groups is 4. The Kier molecular flexibility index (Phi) is 13.9. The number of carbonyl (C=O) groups excluding carboxylic acids is 4. The van der Waals surface area contributed by atoms with E-state index in [1.807, 2.05) is 12.1 Å². The van der Waals surface area contributed by atoms with Gasteiger partial charge in [-0.05, 0) is 87.8 Å². The Bertz CT molecular complexity index is 1130. The second-order valence-corrected chi connectivity index (χ2v) is 9.60. The highest BCUT2D eigenvalue weighted by Gasteiger charge is 2.20. The Labute approximate surface area is 246 Å². The number of benzene rings is 2. The Balaban J connectivity index is 2.20. The van der Waals surface area contributed by atoms with Crippen molar-refractivity contribution in [2.45, 2.75) is 54.4 Å². The maximum absolute atomic E-state index is 12.1. The van der Waals surface area contributed by atoms with Crippen LogP contribution in [0.3, 0.4) is 0 Å². The lowest BCUT2D eigenvalue weighted by Gasteiger charge is -2.21. The molecule has 230 valence electrons. The van der Waals surface area contributed by atoms with E-state index in [9.17, 15) is 19.2 Å². The van der Waals surface area contributed by atoms with Crippen LogP contribution < -0.4 is 40.2 Å². The molecule has 0 aliphatic carbocycles. The zero-order chi connectivity index (χ0) is 31.1. The van der Waals surface area contributed by atoms with Gasteiger partial charge in [0.15, 0.2) is 23.0 Å². The Morgan fingerprint density at radius 2 is 0.810 bits per heavy atom. The summed E-state index contributed by atoms with van der Waals surface area (Å²) in [5, 5.41) is 10.2. The van der Waals surface area contributed by atoms with Crippen LogP contribution in [0.4, 0.5) is 19.2 Å². The summed E-state index contributed by atoms with van der Waals surface area (Å²) in [6.45, 7) is 12.8. The lowest BCUT2D eigenvalue weighted by atomic mass is 9.85. The first-order chi connectivity index (χ1) is 20.1. The summed E-state index contributed by atoms with van der Waals surface area (Å²) in [4.78, 5) is 48.2. The molecular weight excluding hydrogens is 544 g/mol. The molecule has 12 heteroatoms. The zero-order valence-corrected chi connectivity index (χ0v) is 25.1. The summed E-state index contributed by atoms with van der Waals surface area (Å²) >= 11 is 0. The van der Waals surface area contributed by atoms with Crippen LogP contribution in [-0.2, 0) is 12.8 Å². The first kappa shape index (κ1) is 33.7. The minimum Gasteiger partial charge on any atom is -0.406 e. The fourth-order valence-corrected chi connectivity index (χ4v) is 3.95. The van der Waals surface area contributed by atoms with Gasteiger partial charge < -0.3 is 40.2 Å². The monoisotopic (exact) mass is 586 g/mol. The van der Waals surface area contributed by atoms with Gasteiger partial charge in [0.25, 0.3) is 0 Å². The van der Waals surface area contributed by atoms with Gasteiger partial charge in [-0.15, -0.1) is 0 Å². The van der Waals surface area contributed by atoms with Crippen molar-refractivity contribution < 1.29 is 38.1 Å². The van der Waals surface area contributed by atoms with Crippen molar-refractivity contribution in [3.8, 4) is 23.0 Å². The van der Waals surface area contributed by atoms with Crippen LogP contribution in [-0.4, -0.2) is 50.6 Å². The van der Waals surface area contributed by atoms with Gasteiger partial charge >= 0.3 is 24.4 Å². The van der Waals surface area contributed by atoms with E-state index in [0.29, 0.717) is 39.0 Å². The Hall–Kier alpha value is -4.48. The van der Waals surface area contributed by atoms with Crippen LogP contribution >= 0.6 is 0 Å². The van der Waals surface area contributed by atoms with Gasteiger partial charge in [-0.2, -0.15) is 0 Å². The quantitative estimate of drug-likeness (QED) is 0.251. The average molecular weight is 587 g/mol. The van der Waals surface area contributed by atoms with Crippen molar-refractivity contribution in [1.82, 2.24) is 21.3 Å². The molecule has 0 heterocycles. The smallest absolute Gasteiger partial charge is 0.406 e. The van der Waals surface area contributed by atoms with E-state index in [1.165, 1.54) is 0 Å². The maximum Gasteiger partial charge on any atom is 0.412 e. The first-order valence-corrected chi connectivity index (χ1v) is 14.2. The minimum absolute atomic E-state index is 0.131. The normalized spacial score (nSPS) is 11.9. The molecule has 0 radical (unpaired) electrons. The molecule has 2 atom stereocenters. The number of nitrogens with one attached hydrogen (secondary N) is 4. The largest absolute Gasteiger partial charge is 0.412 e. The van der Waals surface area contributed by atoms with Crippen molar-refractivity contribution in [2.24, 2.45) is 11.8 Å². The second-order valence-electron chi connectivity index (χ2n) is 9.60. The zero-order valence-electron chi connectivity index (χ0n) is 25.1. The molecule has 0 bridgehead atoms. The topological polar surface area (TPSA) is 153 Å². The lowest BCUT2D eigenvalue weighted by Crippen LogP contribution is -2.28. The minimum atomic E-state index is -0.651. The van der Waals surface area contributed by atoms with Crippen LogP contribution in [0.25, 0.3) is 0 Å². The fraction of sp³-hybridized carbons (Fsp3) is 0.467. The highest BCUT2D eigenvalue weighted by molar-refractivity contribution is 5.75. The standard InChI is InChI=1S/C30H42N4O8/c1-7-31-27(35)39-23-13-11-21(17-25(23)41-29(37)33-9-3)15-19(5)20(6)16-22-12-14-24(40-28(36)32-8-2)26(18-22)42-30(38)34-10-4/h11-14,17-20H,7-10,15-16H2,1-6H3,(H,31,35)(H,32,36)(H,33,37)(H,34,38)/t19-,20+. The summed E-state index contributed by atoms with van der Waals surface area (Å²) in [6, 6.07) is 10.3. The third kappa shape index (κ3) is 11.2. The first-order valence-electron chi connectivity index (χ1n) is 14.2. The van der Waals surface area contributed by atoms with Crippen molar-refractivity contribution in [3.63, 3.8) is 0 Å².